The molecule has 3 aromatic rings. The zero-order chi connectivity index (χ0) is 34.1. The molecular formula is C38H47N3O8. The minimum Gasteiger partial charge on any atom is -0.392 e. The van der Waals surface area contributed by atoms with Crippen LogP contribution in [-0.2, 0) is 41.7 Å². The van der Waals surface area contributed by atoms with Gasteiger partial charge >= 0.3 is 0 Å². The van der Waals surface area contributed by atoms with Gasteiger partial charge in [0, 0.05) is 63.8 Å². The minimum atomic E-state index is -0.565. The Morgan fingerprint density at radius 3 is 2.22 bits per heavy atom. The average molecular weight is 674 g/mol. The van der Waals surface area contributed by atoms with Crippen LogP contribution in [0.5, 0.6) is 0 Å². The molecule has 3 atom stereocenters. The third-order valence-electron chi connectivity index (χ3n) is 9.60. The van der Waals surface area contributed by atoms with Crippen LogP contribution < -0.4 is 10.8 Å². The van der Waals surface area contributed by atoms with Crippen molar-refractivity contribution in [2.45, 2.75) is 82.4 Å². The molecule has 3 aromatic carbocycles. The molecule has 0 radical (unpaired) electrons. The molecule has 0 unspecified atom stereocenters. The first-order valence-corrected chi connectivity index (χ1v) is 17.3. The minimum absolute atomic E-state index is 0.00218. The lowest BCUT2D eigenvalue weighted by Crippen LogP contribution is -2.48. The first-order valence-electron chi connectivity index (χ1n) is 17.3. The number of aliphatic hydroxyl groups is 1. The highest BCUT2D eigenvalue weighted by Crippen LogP contribution is 2.40. The zero-order valence-electron chi connectivity index (χ0n) is 27.9. The van der Waals surface area contributed by atoms with E-state index < -0.39 is 18.0 Å². The molecule has 11 heteroatoms. The van der Waals surface area contributed by atoms with E-state index in [0.717, 1.165) is 72.3 Å². The molecule has 6 rings (SSSR count). The summed E-state index contributed by atoms with van der Waals surface area (Å²) in [4.78, 5) is 26.0. The van der Waals surface area contributed by atoms with E-state index >= 15 is 0 Å². The number of likely N-dealkylation sites (tertiary alicyclic amines) is 1. The van der Waals surface area contributed by atoms with Gasteiger partial charge in [0.25, 0.3) is 0 Å². The maximum Gasteiger partial charge on any atom is 0.243 e. The Balaban J connectivity index is 1.12. The average Bonchev–Trinajstić information content (AvgIpc) is 3.61. The molecule has 3 fully saturated rings. The molecule has 3 aliphatic heterocycles. The molecule has 11 nitrogen and oxygen atoms in total. The molecule has 3 heterocycles. The molecule has 262 valence electrons. The van der Waals surface area contributed by atoms with Crippen LogP contribution in [0.25, 0.3) is 11.1 Å². The summed E-state index contributed by atoms with van der Waals surface area (Å²) in [6.07, 6.45) is 3.22. The summed E-state index contributed by atoms with van der Waals surface area (Å²) in [6.45, 7) is 4.28. The van der Waals surface area contributed by atoms with Crippen LogP contribution in [0.1, 0.15) is 79.6 Å². The molecular weight excluding hydrogens is 626 g/mol. The van der Waals surface area contributed by atoms with E-state index in [0.29, 0.717) is 39.0 Å². The van der Waals surface area contributed by atoms with Crippen molar-refractivity contribution in [1.82, 2.24) is 15.7 Å². The smallest absolute Gasteiger partial charge is 0.243 e. The second kappa shape index (κ2) is 16.8. The fourth-order valence-electron chi connectivity index (χ4n) is 6.82. The fraction of sp³-hybridized carbons (Fsp3) is 0.474. The summed E-state index contributed by atoms with van der Waals surface area (Å²) in [5.41, 5.74) is 7.47. The number of hydrogen-bond acceptors (Lipinski definition) is 9. The molecule has 2 amide bonds. The van der Waals surface area contributed by atoms with Crippen molar-refractivity contribution < 1.29 is 38.9 Å². The van der Waals surface area contributed by atoms with Crippen molar-refractivity contribution >= 4 is 11.8 Å². The van der Waals surface area contributed by atoms with Crippen LogP contribution in [0, 0.1) is 0 Å². The normalized spacial score (nSPS) is 22.2. The summed E-state index contributed by atoms with van der Waals surface area (Å²) in [7, 11) is 0. The number of benzene rings is 3. The predicted molar refractivity (Wildman–Crippen MR) is 181 cm³/mol. The molecule has 0 aliphatic carbocycles. The Bertz CT molecular complexity index is 1530. The van der Waals surface area contributed by atoms with Gasteiger partial charge in [0.15, 0.2) is 12.1 Å². The number of amides is 2. The Hall–Kier alpha value is -3.68. The largest absolute Gasteiger partial charge is 0.392 e. The van der Waals surface area contributed by atoms with Gasteiger partial charge in [-0.1, -0.05) is 60.7 Å². The Morgan fingerprint density at radius 2 is 1.51 bits per heavy atom. The summed E-state index contributed by atoms with van der Waals surface area (Å²) in [5, 5.41) is 21.1. The van der Waals surface area contributed by atoms with Gasteiger partial charge in [0.2, 0.25) is 11.8 Å². The first-order chi connectivity index (χ1) is 23.9. The quantitative estimate of drug-likeness (QED) is 0.113. The van der Waals surface area contributed by atoms with Gasteiger partial charge in [-0.25, -0.2) is 5.48 Å². The third-order valence-corrected chi connectivity index (χ3v) is 9.60. The molecule has 3 aliphatic rings. The number of hydroxylamine groups is 1. The van der Waals surface area contributed by atoms with E-state index in [2.05, 4.69) is 34.5 Å². The molecule has 4 N–H and O–H groups in total. The number of nitrogens with one attached hydrogen (secondary N) is 2. The molecule has 49 heavy (non-hydrogen) atoms. The van der Waals surface area contributed by atoms with Crippen molar-refractivity contribution in [2.24, 2.45) is 0 Å². The standard InChI is InChI=1S/C38H47N3O8/c42-26-27-11-13-29(14-12-27)34-23-33(25-41-17-15-38(16-18-41)46-19-20-47-38)48-37(49-34)32-8-4-7-31(22-32)30-6-3-5-28(21-30)24-39-35(43)9-1-2-10-36(44)40-45/h3-8,11-14,21-22,33-34,37,42,45H,1-2,9-10,15-20,23-26H2,(H,39,43)(H,40,44)/t33-,34+,37+/m1/s1. The first kappa shape index (κ1) is 35.2. The highest BCUT2D eigenvalue weighted by atomic mass is 16.7. The summed E-state index contributed by atoms with van der Waals surface area (Å²) in [5.74, 6) is -0.947. The van der Waals surface area contributed by atoms with E-state index in [1.165, 1.54) is 0 Å². The van der Waals surface area contributed by atoms with Crippen LogP contribution in [0.15, 0.2) is 72.8 Å². The van der Waals surface area contributed by atoms with Crippen molar-refractivity contribution in [3.63, 3.8) is 0 Å². The van der Waals surface area contributed by atoms with Crippen LogP contribution >= 0.6 is 0 Å². The lowest BCUT2D eigenvalue weighted by Gasteiger charge is -2.41. The Labute approximate surface area is 287 Å². The monoisotopic (exact) mass is 673 g/mol. The van der Waals surface area contributed by atoms with E-state index in [4.69, 9.17) is 24.2 Å². The van der Waals surface area contributed by atoms with E-state index in [1.807, 2.05) is 48.5 Å². The topological polar surface area (TPSA) is 139 Å². The van der Waals surface area contributed by atoms with Crippen LogP contribution in [0.3, 0.4) is 0 Å². The van der Waals surface area contributed by atoms with Crippen molar-refractivity contribution in [3.8, 4) is 11.1 Å². The van der Waals surface area contributed by atoms with Crippen LogP contribution in [0.2, 0.25) is 0 Å². The molecule has 3 saturated heterocycles. The summed E-state index contributed by atoms with van der Waals surface area (Å²) >= 11 is 0. The van der Waals surface area contributed by atoms with Crippen LogP contribution in [-0.4, -0.2) is 71.8 Å². The maximum atomic E-state index is 12.4. The number of ether oxygens (including phenoxy) is 4. The molecule has 0 saturated carbocycles. The lowest BCUT2D eigenvalue weighted by molar-refractivity contribution is -0.255. The van der Waals surface area contributed by atoms with E-state index in [9.17, 15) is 14.7 Å². The predicted octanol–water partition coefficient (Wildman–Crippen LogP) is 4.91. The number of carbonyl (C=O) groups excluding carboxylic acids is 2. The second-order valence-electron chi connectivity index (χ2n) is 13.1. The second-order valence-corrected chi connectivity index (χ2v) is 13.1. The number of aliphatic hydroxyl groups excluding tert-OH is 1. The summed E-state index contributed by atoms with van der Waals surface area (Å²) < 4.78 is 25.2. The van der Waals surface area contributed by atoms with Gasteiger partial charge in [-0.15, -0.1) is 0 Å². The zero-order valence-corrected chi connectivity index (χ0v) is 27.9. The number of carbonyl (C=O) groups is 2. The fourth-order valence-corrected chi connectivity index (χ4v) is 6.82. The van der Waals surface area contributed by atoms with Crippen molar-refractivity contribution in [3.05, 3.63) is 95.1 Å². The van der Waals surface area contributed by atoms with E-state index in [-0.39, 0.29) is 31.1 Å². The van der Waals surface area contributed by atoms with Gasteiger partial charge in [0.1, 0.15) is 0 Å². The molecule has 1 spiro atoms. The maximum absolute atomic E-state index is 12.4. The van der Waals surface area contributed by atoms with Gasteiger partial charge < -0.3 is 34.3 Å². The number of piperidine rings is 1. The highest BCUT2D eigenvalue weighted by Gasteiger charge is 2.41. The number of rotatable bonds is 13. The Kier molecular flexibility index (Phi) is 12.1. The van der Waals surface area contributed by atoms with Gasteiger partial charge in [0.05, 0.1) is 32.0 Å². The van der Waals surface area contributed by atoms with Crippen LogP contribution in [0.4, 0.5) is 0 Å². The number of hydrogen-bond donors (Lipinski definition) is 4. The van der Waals surface area contributed by atoms with Gasteiger partial charge in [-0.05, 0) is 52.8 Å². The number of nitrogens with zero attached hydrogens (tertiary/aromatic N) is 1. The third kappa shape index (κ3) is 9.52. The molecule has 0 bridgehead atoms. The number of unbranched alkanes of at least 4 members (excludes halogenated alkanes) is 1. The summed E-state index contributed by atoms with van der Waals surface area (Å²) in [6, 6.07) is 24.3. The van der Waals surface area contributed by atoms with Gasteiger partial charge in [-0.2, -0.15) is 0 Å². The lowest BCUT2D eigenvalue weighted by atomic mass is 9.97. The van der Waals surface area contributed by atoms with E-state index in [1.54, 1.807) is 5.48 Å². The van der Waals surface area contributed by atoms with Crippen molar-refractivity contribution in [1.29, 1.82) is 0 Å². The molecule has 0 aromatic heterocycles. The Morgan fingerprint density at radius 1 is 0.816 bits per heavy atom. The van der Waals surface area contributed by atoms with Gasteiger partial charge in [-0.3, -0.25) is 14.8 Å². The van der Waals surface area contributed by atoms with Crippen molar-refractivity contribution in [2.75, 3.05) is 32.8 Å². The highest BCUT2D eigenvalue weighted by molar-refractivity contribution is 5.76. The SMILES string of the molecule is O=C(CCCCC(=O)NCc1cccc(-c2cccc([C@H]3O[C@@H](CN4CCC5(CC4)OCCO5)C[C@@H](c4ccc(CO)cc4)O3)c2)c1)NO.